The third kappa shape index (κ3) is 4.18. The predicted molar refractivity (Wildman–Crippen MR) is 129 cm³/mol. The van der Waals surface area contributed by atoms with E-state index in [1.54, 1.807) is 0 Å². The van der Waals surface area contributed by atoms with Gasteiger partial charge in [0.25, 0.3) is 5.91 Å². The van der Waals surface area contributed by atoms with Crippen LogP contribution >= 0.6 is 0 Å². The van der Waals surface area contributed by atoms with E-state index in [2.05, 4.69) is 20.5 Å². The van der Waals surface area contributed by atoms with Crippen LogP contribution in [-0.2, 0) is 0 Å². The van der Waals surface area contributed by atoms with E-state index in [1.165, 1.54) is 38.6 Å². The van der Waals surface area contributed by atoms with Crippen molar-refractivity contribution in [1.29, 1.82) is 0 Å². The van der Waals surface area contributed by atoms with Crippen molar-refractivity contribution in [3.05, 3.63) is 59.9 Å². The molecular weight excluding hydrogens is 396 g/mol. The first-order valence-electron chi connectivity index (χ1n) is 12.1. The van der Waals surface area contributed by atoms with Gasteiger partial charge in [-0.3, -0.25) is 9.36 Å². The van der Waals surface area contributed by atoms with E-state index in [0.717, 1.165) is 53.5 Å². The van der Waals surface area contributed by atoms with Gasteiger partial charge in [-0.2, -0.15) is 0 Å². The molecule has 3 aromatic rings. The van der Waals surface area contributed by atoms with E-state index in [-0.39, 0.29) is 5.91 Å². The zero-order valence-electron chi connectivity index (χ0n) is 19.3. The number of hydrogen-bond donors (Lipinski definition) is 0. The van der Waals surface area contributed by atoms with Gasteiger partial charge in [-0.25, -0.2) is 4.98 Å². The topological polar surface area (TPSA) is 41.4 Å². The number of fused-ring (bicyclic) bond motifs is 1. The van der Waals surface area contributed by atoms with Crippen molar-refractivity contribution >= 4 is 16.9 Å². The van der Waals surface area contributed by atoms with Gasteiger partial charge in [0.05, 0.1) is 11.0 Å². The lowest BCUT2D eigenvalue weighted by Gasteiger charge is -2.28. The van der Waals surface area contributed by atoms with E-state index in [0.29, 0.717) is 6.04 Å². The van der Waals surface area contributed by atoms with Gasteiger partial charge >= 0.3 is 0 Å². The van der Waals surface area contributed by atoms with E-state index < -0.39 is 0 Å². The van der Waals surface area contributed by atoms with Crippen LogP contribution in [-0.4, -0.2) is 58.0 Å². The Morgan fingerprint density at radius 2 is 1.78 bits per heavy atom. The standard InChI is InChI=1S/C27H34N4O/c1-20-28-25-10-6-7-11-26(25)31(20)23-14-12-22(13-15-23)27(32)29(2)24-16-17-30(19-24)18-21-8-4-3-5-9-21/h6-7,10-15,21,24H,3-5,8-9,16-19H2,1-2H3/t24-/m1/s1. The van der Waals surface area contributed by atoms with Gasteiger partial charge in [-0.1, -0.05) is 31.4 Å². The van der Waals surface area contributed by atoms with Crippen LogP contribution in [0.5, 0.6) is 0 Å². The molecule has 1 atom stereocenters. The molecule has 0 spiro atoms. The Labute approximate surface area is 191 Å². The second-order valence-electron chi connectivity index (χ2n) is 9.65. The first kappa shape index (κ1) is 21.2. The summed E-state index contributed by atoms with van der Waals surface area (Å²) in [6.07, 6.45) is 8.04. The second kappa shape index (κ2) is 9.07. The third-order valence-corrected chi connectivity index (χ3v) is 7.46. The Kier molecular flexibility index (Phi) is 6.01. The minimum atomic E-state index is 0.119. The number of para-hydroxylation sites is 2. The van der Waals surface area contributed by atoms with Crippen molar-refractivity contribution in [2.24, 2.45) is 5.92 Å². The van der Waals surface area contributed by atoms with Crippen LogP contribution in [0.25, 0.3) is 16.7 Å². The van der Waals surface area contributed by atoms with Gasteiger partial charge in [-0.15, -0.1) is 0 Å². The molecular formula is C27H34N4O. The summed E-state index contributed by atoms with van der Waals surface area (Å²) in [6.45, 7) is 5.36. The molecule has 1 aliphatic heterocycles. The predicted octanol–water partition coefficient (Wildman–Crippen LogP) is 5.06. The Morgan fingerprint density at radius 3 is 2.56 bits per heavy atom. The van der Waals surface area contributed by atoms with Crippen LogP contribution in [0.3, 0.4) is 0 Å². The fourth-order valence-corrected chi connectivity index (χ4v) is 5.62. The molecule has 2 aliphatic rings. The van der Waals surface area contributed by atoms with Crippen molar-refractivity contribution < 1.29 is 4.79 Å². The lowest BCUT2D eigenvalue weighted by molar-refractivity contribution is 0.0733. The molecule has 2 fully saturated rings. The maximum Gasteiger partial charge on any atom is 0.253 e. The summed E-state index contributed by atoms with van der Waals surface area (Å²) in [6, 6.07) is 16.5. The minimum Gasteiger partial charge on any atom is -0.337 e. The van der Waals surface area contributed by atoms with Crippen LogP contribution in [0, 0.1) is 12.8 Å². The van der Waals surface area contributed by atoms with Crippen LogP contribution in [0.2, 0.25) is 0 Å². The summed E-state index contributed by atoms with van der Waals surface area (Å²) in [5.41, 5.74) is 3.87. The van der Waals surface area contributed by atoms with Crippen molar-refractivity contribution in [2.45, 2.75) is 51.5 Å². The highest BCUT2D eigenvalue weighted by Gasteiger charge is 2.30. The zero-order valence-corrected chi connectivity index (χ0v) is 19.3. The summed E-state index contributed by atoms with van der Waals surface area (Å²) in [5.74, 6) is 1.93. The molecule has 2 heterocycles. The molecule has 1 saturated heterocycles. The van der Waals surface area contributed by atoms with Crippen LogP contribution < -0.4 is 0 Å². The van der Waals surface area contributed by atoms with Gasteiger partial charge < -0.3 is 9.80 Å². The molecule has 32 heavy (non-hydrogen) atoms. The maximum atomic E-state index is 13.2. The number of carbonyl (C=O) groups excluding carboxylic acids is 1. The Bertz CT molecular complexity index is 1080. The molecule has 1 aliphatic carbocycles. The monoisotopic (exact) mass is 430 g/mol. The quantitative estimate of drug-likeness (QED) is 0.568. The minimum absolute atomic E-state index is 0.119. The molecule has 5 heteroatoms. The summed E-state index contributed by atoms with van der Waals surface area (Å²) in [5, 5.41) is 0. The molecule has 0 bridgehead atoms. The number of likely N-dealkylation sites (tertiary alicyclic amines) is 1. The molecule has 1 aromatic heterocycles. The average molecular weight is 431 g/mol. The lowest BCUT2D eigenvalue weighted by atomic mass is 9.89. The number of benzene rings is 2. The number of hydrogen-bond acceptors (Lipinski definition) is 3. The Hall–Kier alpha value is -2.66. The van der Waals surface area contributed by atoms with E-state index >= 15 is 0 Å². The molecule has 0 N–H and O–H groups in total. The Balaban J connectivity index is 1.25. The van der Waals surface area contributed by atoms with Crippen LogP contribution in [0.4, 0.5) is 0 Å². The maximum absolute atomic E-state index is 13.2. The fraction of sp³-hybridized carbons (Fsp3) is 0.481. The normalized spacial score (nSPS) is 20.1. The lowest BCUT2D eigenvalue weighted by Crippen LogP contribution is -2.39. The van der Waals surface area contributed by atoms with Gasteiger partial charge in [-0.05, 0) is 68.5 Å². The molecule has 5 rings (SSSR count). The van der Waals surface area contributed by atoms with Crippen molar-refractivity contribution in [3.63, 3.8) is 0 Å². The number of nitrogens with zero attached hydrogens (tertiary/aromatic N) is 4. The third-order valence-electron chi connectivity index (χ3n) is 7.46. The first-order valence-corrected chi connectivity index (χ1v) is 12.1. The summed E-state index contributed by atoms with van der Waals surface area (Å²) in [4.78, 5) is 22.4. The first-order chi connectivity index (χ1) is 15.6. The van der Waals surface area contributed by atoms with E-state index in [9.17, 15) is 4.79 Å². The molecule has 0 unspecified atom stereocenters. The number of aryl methyl sites for hydroxylation is 1. The van der Waals surface area contributed by atoms with Gasteiger partial charge in [0, 0.05) is 44.0 Å². The largest absolute Gasteiger partial charge is 0.337 e. The van der Waals surface area contributed by atoms with Gasteiger partial charge in [0.15, 0.2) is 0 Å². The Morgan fingerprint density at radius 1 is 1.03 bits per heavy atom. The summed E-state index contributed by atoms with van der Waals surface area (Å²) in [7, 11) is 1.97. The number of amides is 1. The van der Waals surface area contributed by atoms with Gasteiger partial charge in [0.1, 0.15) is 5.82 Å². The molecule has 168 valence electrons. The van der Waals surface area contributed by atoms with E-state index in [1.807, 2.05) is 61.3 Å². The highest BCUT2D eigenvalue weighted by molar-refractivity contribution is 5.94. The van der Waals surface area contributed by atoms with Gasteiger partial charge in [0.2, 0.25) is 0 Å². The number of carbonyl (C=O) groups is 1. The number of imidazole rings is 1. The molecule has 2 aromatic carbocycles. The summed E-state index contributed by atoms with van der Waals surface area (Å²) < 4.78 is 2.15. The van der Waals surface area contributed by atoms with Crippen molar-refractivity contribution in [1.82, 2.24) is 19.4 Å². The number of likely N-dealkylation sites (N-methyl/N-ethyl adjacent to an activating group) is 1. The van der Waals surface area contributed by atoms with Crippen molar-refractivity contribution in [2.75, 3.05) is 26.7 Å². The SMILES string of the molecule is Cc1nc2ccccc2n1-c1ccc(C(=O)N(C)[C@@H]2CCN(CC3CCCCC3)C2)cc1. The van der Waals surface area contributed by atoms with Crippen LogP contribution in [0.15, 0.2) is 48.5 Å². The van der Waals surface area contributed by atoms with Crippen molar-refractivity contribution in [3.8, 4) is 5.69 Å². The molecule has 0 radical (unpaired) electrons. The average Bonchev–Trinajstić information content (AvgIpc) is 3.42. The molecule has 1 amide bonds. The van der Waals surface area contributed by atoms with E-state index in [4.69, 9.17) is 0 Å². The molecule has 5 nitrogen and oxygen atoms in total. The smallest absolute Gasteiger partial charge is 0.253 e. The highest BCUT2D eigenvalue weighted by Crippen LogP contribution is 2.27. The number of aromatic nitrogens is 2. The fourth-order valence-electron chi connectivity index (χ4n) is 5.62. The summed E-state index contributed by atoms with van der Waals surface area (Å²) >= 11 is 0. The zero-order chi connectivity index (χ0) is 22.1. The molecule has 1 saturated carbocycles. The second-order valence-corrected chi connectivity index (χ2v) is 9.65. The highest BCUT2D eigenvalue weighted by atomic mass is 16.2. The number of rotatable bonds is 5. The van der Waals surface area contributed by atoms with Crippen LogP contribution in [0.1, 0.15) is 54.7 Å².